The zero-order valence-electron chi connectivity index (χ0n) is 9.25. The van der Waals surface area contributed by atoms with Crippen LogP contribution in [-0.4, -0.2) is 12.6 Å². The molecule has 1 atom stereocenters. The molecule has 0 saturated heterocycles. The zero-order chi connectivity index (χ0) is 10.6. The second kappa shape index (κ2) is 4.58. The van der Waals surface area contributed by atoms with Crippen LogP contribution in [0.15, 0.2) is 30.3 Å². The fourth-order valence-corrected chi connectivity index (χ4v) is 1.34. The molecular weight excluding hydrogens is 172 g/mol. The van der Waals surface area contributed by atoms with E-state index in [0.717, 1.165) is 6.54 Å². The molecule has 0 heterocycles. The summed E-state index contributed by atoms with van der Waals surface area (Å²) in [6, 6.07) is 10.7. The summed E-state index contributed by atoms with van der Waals surface area (Å²) in [5.41, 5.74) is 7.11. The molecule has 0 aliphatic heterocycles. The third-order valence-electron chi connectivity index (χ3n) is 2.31. The summed E-state index contributed by atoms with van der Waals surface area (Å²) in [4.78, 5) is 0. The summed E-state index contributed by atoms with van der Waals surface area (Å²) >= 11 is 0. The van der Waals surface area contributed by atoms with E-state index in [2.05, 4.69) is 38.2 Å². The molecule has 0 spiro atoms. The molecule has 0 radical (unpaired) electrons. The van der Waals surface area contributed by atoms with Crippen molar-refractivity contribution < 1.29 is 0 Å². The summed E-state index contributed by atoms with van der Waals surface area (Å²) in [5, 5.41) is 3.36. The van der Waals surface area contributed by atoms with E-state index in [4.69, 9.17) is 5.73 Å². The van der Waals surface area contributed by atoms with E-state index < -0.39 is 0 Å². The summed E-state index contributed by atoms with van der Waals surface area (Å²) in [6.07, 6.45) is 0. The van der Waals surface area contributed by atoms with Gasteiger partial charge in [-0.05, 0) is 12.5 Å². The standard InChI is InChI=1S/C12H20N2/c1-10(2)14-9-12(3,13)11-7-5-4-6-8-11/h4-8,10,14H,9,13H2,1-3H3. The van der Waals surface area contributed by atoms with Gasteiger partial charge in [0.05, 0.1) is 5.54 Å². The molecule has 0 fully saturated rings. The van der Waals surface area contributed by atoms with Crippen LogP contribution in [0.1, 0.15) is 26.3 Å². The first-order valence-corrected chi connectivity index (χ1v) is 5.10. The van der Waals surface area contributed by atoms with Crippen molar-refractivity contribution in [2.75, 3.05) is 6.54 Å². The molecule has 0 aromatic heterocycles. The number of hydrogen-bond donors (Lipinski definition) is 2. The maximum Gasteiger partial charge on any atom is 0.0507 e. The molecule has 3 N–H and O–H groups in total. The molecule has 78 valence electrons. The van der Waals surface area contributed by atoms with Gasteiger partial charge in [-0.1, -0.05) is 44.2 Å². The van der Waals surface area contributed by atoms with Gasteiger partial charge < -0.3 is 11.1 Å². The van der Waals surface area contributed by atoms with Crippen molar-refractivity contribution in [3.63, 3.8) is 0 Å². The minimum Gasteiger partial charge on any atom is -0.321 e. The lowest BCUT2D eigenvalue weighted by Gasteiger charge is -2.26. The lowest BCUT2D eigenvalue weighted by molar-refractivity contribution is 0.422. The fourth-order valence-electron chi connectivity index (χ4n) is 1.34. The minimum atomic E-state index is -0.286. The third kappa shape index (κ3) is 3.13. The van der Waals surface area contributed by atoms with Crippen molar-refractivity contribution in [1.29, 1.82) is 0 Å². The van der Waals surface area contributed by atoms with Crippen LogP contribution in [0.2, 0.25) is 0 Å². The van der Waals surface area contributed by atoms with E-state index in [9.17, 15) is 0 Å². The van der Waals surface area contributed by atoms with Crippen LogP contribution in [-0.2, 0) is 5.54 Å². The number of hydrogen-bond acceptors (Lipinski definition) is 2. The maximum atomic E-state index is 6.22. The topological polar surface area (TPSA) is 38.0 Å². The SMILES string of the molecule is CC(C)NCC(C)(N)c1ccccc1. The monoisotopic (exact) mass is 192 g/mol. The molecule has 2 heteroatoms. The Bertz CT molecular complexity index is 265. The highest BCUT2D eigenvalue weighted by Crippen LogP contribution is 2.15. The van der Waals surface area contributed by atoms with Crippen LogP contribution < -0.4 is 11.1 Å². The third-order valence-corrected chi connectivity index (χ3v) is 2.31. The maximum absolute atomic E-state index is 6.22. The van der Waals surface area contributed by atoms with Crippen molar-refractivity contribution in [2.24, 2.45) is 5.73 Å². The molecule has 2 nitrogen and oxygen atoms in total. The minimum absolute atomic E-state index is 0.286. The van der Waals surface area contributed by atoms with E-state index in [0.29, 0.717) is 6.04 Å². The van der Waals surface area contributed by atoms with Gasteiger partial charge in [-0.3, -0.25) is 0 Å². The van der Waals surface area contributed by atoms with Crippen LogP contribution in [0.25, 0.3) is 0 Å². The molecule has 1 aromatic rings. The van der Waals surface area contributed by atoms with Gasteiger partial charge >= 0.3 is 0 Å². The van der Waals surface area contributed by atoms with Crippen LogP contribution in [0.3, 0.4) is 0 Å². The Morgan fingerprint density at radius 1 is 1.29 bits per heavy atom. The number of rotatable bonds is 4. The lowest BCUT2D eigenvalue weighted by atomic mass is 9.93. The fraction of sp³-hybridized carbons (Fsp3) is 0.500. The summed E-state index contributed by atoms with van der Waals surface area (Å²) in [7, 11) is 0. The van der Waals surface area contributed by atoms with E-state index in [-0.39, 0.29) is 5.54 Å². The number of nitrogens with one attached hydrogen (secondary N) is 1. The predicted molar refractivity (Wildman–Crippen MR) is 61.1 cm³/mol. The van der Waals surface area contributed by atoms with Gasteiger partial charge in [0.2, 0.25) is 0 Å². The number of nitrogens with two attached hydrogens (primary N) is 1. The highest BCUT2D eigenvalue weighted by molar-refractivity contribution is 5.23. The van der Waals surface area contributed by atoms with Crippen molar-refractivity contribution >= 4 is 0 Å². The average molecular weight is 192 g/mol. The molecule has 0 saturated carbocycles. The Morgan fingerprint density at radius 2 is 1.86 bits per heavy atom. The Balaban J connectivity index is 2.66. The van der Waals surface area contributed by atoms with Crippen molar-refractivity contribution in [1.82, 2.24) is 5.32 Å². The Hall–Kier alpha value is -0.860. The molecule has 14 heavy (non-hydrogen) atoms. The van der Waals surface area contributed by atoms with Gasteiger partial charge in [0.25, 0.3) is 0 Å². The molecule has 0 bridgehead atoms. The smallest absolute Gasteiger partial charge is 0.0507 e. The summed E-state index contributed by atoms with van der Waals surface area (Å²) < 4.78 is 0. The van der Waals surface area contributed by atoms with E-state index in [1.165, 1.54) is 5.56 Å². The van der Waals surface area contributed by atoms with E-state index in [1.807, 2.05) is 18.2 Å². The Kier molecular flexibility index (Phi) is 3.67. The van der Waals surface area contributed by atoms with Gasteiger partial charge in [-0.25, -0.2) is 0 Å². The molecule has 1 aromatic carbocycles. The quantitative estimate of drug-likeness (QED) is 0.764. The Labute approximate surface area is 86.5 Å². The van der Waals surface area contributed by atoms with Gasteiger partial charge in [0.15, 0.2) is 0 Å². The first kappa shape index (κ1) is 11.2. The Morgan fingerprint density at radius 3 is 2.36 bits per heavy atom. The van der Waals surface area contributed by atoms with Gasteiger partial charge in [-0.15, -0.1) is 0 Å². The first-order chi connectivity index (χ1) is 6.52. The van der Waals surface area contributed by atoms with Gasteiger partial charge in [0, 0.05) is 12.6 Å². The summed E-state index contributed by atoms with van der Waals surface area (Å²) in [5.74, 6) is 0. The molecule has 0 amide bonds. The normalized spacial score (nSPS) is 15.5. The zero-order valence-corrected chi connectivity index (χ0v) is 9.25. The lowest BCUT2D eigenvalue weighted by Crippen LogP contribution is -2.45. The average Bonchev–Trinajstić information content (AvgIpc) is 2.16. The second-order valence-corrected chi connectivity index (χ2v) is 4.32. The van der Waals surface area contributed by atoms with Crippen LogP contribution >= 0.6 is 0 Å². The van der Waals surface area contributed by atoms with Crippen molar-refractivity contribution in [2.45, 2.75) is 32.4 Å². The number of benzene rings is 1. The van der Waals surface area contributed by atoms with Crippen LogP contribution in [0.4, 0.5) is 0 Å². The second-order valence-electron chi connectivity index (χ2n) is 4.32. The first-order valence-electron chi connectivity index (χ1n) is 5.10. The molecule has 1 unspecified atom stereocenters. The van der Waals surface area contributed by atoms with Crippen LogP contribution in [0, 0.1) is 0 Å². The van der Waals surface area contributed by atoms with E-state index >= 15 is 0 Å². The van der Waals surface area contributed by atoms with E-state index in [1.54, 1.807) is 0 Å². The van der Waals surface area contributed by atoms with Crippen LogP contribution in [0.5, 0.6) is 0 Å². The predicted octanol–water partition coefficient (Wildman–Crippen LogP) is 1.86. The highest BCUT2D eigenvalue weighted by Gasteiger charge is 2.20. The largest absolute Gasteiger partial charge is 0.321 e. The molecule has 1 rings (SSSR count). The van der Waals surface area contributed by atoms with Gasteiger partial charge in [-0.2, -0.15) is 0 Å². The molecule has 0 aliphatic carbocycles. The van der Waals surface area contributed by atoms with Gasteiger partial charge in [0.1, 0.15) is 0 Å². The molecule has 0 aliphatic rings. The van der Waals surface area contributed by atoms with Crippen molar-refractivity contribution in [3.8, 4) is 0 Å². The van der Waals surface area contributed by atoms with Crippen molar-refractivity contribution in [3.05, 3.63) is 35.9 Å². The highest BCUT2D eigenvalue weighted by atomic mass is 14.9. The summed E-state index contributed by atoms with van der Waals surface area (Å²) in [6.45, 7) is 7.11. The molecular formula is C12H20N2.